The van der Waals surface area contributed by atoms with Crippen molar-refractivity contribution in [2.45, 2.75) is 50.6 Å². The molecule has 1 heterocycles. The van der Waals surface area contributed by atoms with Gasteiger partial charge in [-0.15, -0.1) is 0 Å². The fourth-order valence-corrected chi connectivity index (χ4v) is 3.58. The lowest BCUT2D eigenvalue weighted by atomic mass is 10.00. The molecule has 0 saturated heterocycles. The number of hydrogen-bond acceptors (Lipinski definition) is 4. The zero-order valence-corrected chi connectivity index (χ0v) is 12.9. The second kappa shape index (κ2) is 6.67. The van der Waals surface area contributed by atoms with Crippen LogP contribution in [0.4, 0.5) is 0 Å². The molecule has 1 aromatic rings. The summed E-state index contributed by atoms with van der Waals surface area (Å²) in [5.41, 5.74) is 7.31. The number of fused-ring (bicyclic) bond motifs is 1. The summed E-state index contributed by atoms with van der Waals surface area (Å²) in [6.45, 7) is 0.956. The molecule has 0 amide bonds. The first kappa shape index (κ1) is 14.7. The van der Waals surface area contributed by atoms with Crippen molar-refractivity contribution in [3.05, 3.63) is 23.8 Å². The van der Waals surface area contributed by atoms with E-state index in [4.69, 9.17) is 15.2 Å². The smallest absolute Gasteiger partial charge is 0.231 e. The lowest BCUT2D eigenvalue weighted by Gasteiger charge is -2.34. The number of benzene rings is 1. The molecule has 4 nitrogen and oxygen atoms in total. The van der Waals surface area contributed by atoms with Gasteiger partial charge in [0.2, 0.25) is 6.79 Å². The van der Waals surface area contributed by atoms with Crippen molar-refractivity contribution in [2.24, 2.45) is 5.73 Å². The van der Waals surface area contributed by atoms with E-state index in [0.29, 0.717) is 19.4 Å². The first-order valence-corrected chi connectivity index (χ1v) is 8.11. The summed E-state index contributed by atoms with van der Waals surface area (Å²) in [5, 5.41) is 0. The summed E-state index contributed by atoms with van der Waals surface area (Å²) < 4.78 is 10.9. The first-order valence-electron chi connectivity index (χ1n) is 8.11. The van der Waals surface area contributed by atoms with Crippen molar-refractivity contribution in [1.29, 1.82) is 0 Å². The molecule has 0 bridgehead atoms. The van der Waals surface area contributed by atoms with Crippen LogP contribution in [0, 0.1) is 0 Å². The molecule has 2 aliphatic rings. The molecule has 1 atom stereocenters. The normalized spacial score (nSPS) is 20.5. The van der Waals surface area contributed by atoms with Gasteiger partial charge in [0.25, 0.3) is 0 Å². The first-order chi connectivity index (χ1) is 10.3. The van der Waals surface area contributed by atoms with Gasteiger partial charge in [0, 0.05) is 18.6 Å². The average Bonchev–Trinajstić information content (AvgIpc) is 2.80. The van der Waals surface area contributed by atoms with Crippen LogP contribution >= 0.6 is 0 Å². The van der Waals surface area contributed by atoms with E-state index in [0.717, 1.165) is 11.5 Å². The van der Waals surface area contributed by atoms with Crippen LogP contribution in [-0.4, -0.2) is 31.3 Å². The molecule has 0 spiro atoms. The SMILES string of the molecule is CN(C1CCCCCC1)C(CN)c1ccc2c(c1)OCO2. The summed E-state index contributed by atoms with van der Waals surface area (Å²) in [6.07, 6.45) is 8.01. The minimum Gasteiger partial charge on any atom is -0.454 e. The highest BCUT2D eigenvalue weighted by atomic mass is 16.7. The Hall–Kier alpha value is -1.26. The van der Waals surface area contributed by atoms with Gasteiger partial charge in [-0.3, -0.25) is 4.90 Å². The van der Waals surface area contributed by atoms with Crippen LogP contribution in [0.5, 0.6) is 11.5 Å². The van der Waals surface area contributed by atoms with E-state index >= 15 is 0 Å². The third kappa shape index (κ3) is 3.16. The second-order valence-corrected chi connectivity index (χ2v) is 6.18. The summed E-state index contributed by atoms with van der Waals surface area (Å²) >= 11 is 0. The van der Waals surface area contributed by atoms with Crippen LogP contribution in [0.2, 0.25) is 0 Å². The van der Waals surface area contributed by atoms with Crippen LogP contribution in [0.1, 0.15) is 50.1 Å². The number of nitrogens with zero attached hydrogens (tertiary/aromatic N) is 1. The molecule has 116 valence electrons. The lowest BCUT2D eigenvalue weighted by molar-refractivity contribution is 0.160. The van der Waals surface area contributed by atoms with Gasteiger partial charge in [-0.05, 0) is 37.6 Å². The van der Waals surface area contributed by atoms with Crippen LogP contribution in [0.25, 0.3) is 0 Å². The van der Waals surface area contributed by atoms with Gasteiger partial charge < -0.3 is 15.2 Å². The Kier molecular flexibility index (Phi) is 4.66. The minimum atomic E-state index is 0.252. The minimum absolute atomic E-state index is 0.252. The van der Waals surface area contributed by atoms with Gasteiger partial charge in [-0.1, -0.05) is 31.7 Å². The van der Waals surface area contributed by atoms with Crippen molar-refractivity contribution in [3.63, 3.8) is 0 Å². The van der Waals surface area contributed by atoms with Crippen molar-refractivity contribution in [2.75, 3.05) is 20.4 Å². The molecule has 1 fully saturated rings. The zero-order chi connectivity index (χ0) is 14.7. The highest BCUT2D eigenvalue weighted by molar-refractivity contribution is 5.45. The van der Waals surface area contributed by atoms with E-state index < -0.39 is 0 Å². The van der Waals surface area contributed by atoms with Crippen LogP contribution in [-0.2, 0) is 0 Å². The van der Waals surface area contributed by atoms with Crippen LogP contribution in [0.3, 0.4) is 0 Å². The maximum atomic E-state index is 6.08. The molecule has 4 heteroatoms. The maximum Gasteiger partial charge on any atom is 0.231 e. The van der Waals surface area contributed by atoms with Crippen LogP contribution in [0.15, 0.2) is 18.2 Å². The molecule has 1 aliphatic heterocycles. The predicted molar refractivity (Wildman–Crippen MR) is 83.6 cm³/mol. The number of ether oxygens (including phenoxy) is 2. The third-order valence-corrected chi connectivity index (χ3v) is 4.90. The highest BCUT2D eigenvalue weighted by Crippen LogP contribution is 2.36. The molecule has 1 unspecified atom stereocenters. The Morgan fingerprint density at radius 1 is 1.14 bits per heavy atom. The monoisotopic (exact) mass is 290 g/mol. The van der Waals surface area contributed by atoms with E-state index in [9.17, 15) is 0 Å². The van der Waals surface area contributed by atoms with E-state index in [1.807, 2.05) is 6.07 Å². The summed E-state index contributed by atoms with van der Waals surface area (Å²) in [4.78, 5) is 2.48. The average molecular weight is 290 g/mol. The van der Waals surface area contributed by atoms with Gasteiger partial charge in [0.05, 0.1) is 0 Å². The topological polar surface area (TPSA) is 47.7 Å². The van der Waals surface area contributed by atoms with E-state index in [1.54, 1.807) is 0 Å². The Morgan fingerprint density at radius 2 is 1.86 bits per heavy atom. The molecular weight excluding hydrogens is 264 g/mol. The number of hydrogen-bond donors (Lipinski definition) is 1. The largest absolute Gasteiger partial charge is 0.454 e. The van der Waals surface area contributed by atoms with Crippen LogP contribution < -0.4 is 15.2 Å². The van der Waals surface area contributed by atoms with Gasteiger partial charge >= 0.3 is 0 Å². The van der Waals surface area contributed by atoms with Crippen molar-refractivity contribution in [1.82, 2.24) is 4.90 Å². The Labute approximate surface area is 127 Å². The Morgan fingerprint density at radius 3 is 2.57 bits per heavy atom. The fourth-order valence-electron chi connectivity index (χ4n) is 3.58. The zero-order valence-electron chi connectivity index (χ0n) is 12.9. The lowest BCUT2D eigenvalue weighted by Crippen LogP contribution is -2.38. The maximum absolute atomic E-state index is 6.08. The van der Waals surface area contributed by atoms with E-state index in [-0.39, 0.29) is 6.04 Å². The van der Waals surface area contributed by atoms with Crippen molar-refractivity contribution >= 4 is 0 Å². The molecule has 21 heavy (non-hydrogen) atoms. The van der Waals surface area contributed by atoms with E-state index in [2.05, 4.69) is 24.1 Å². The Bertz CT molecular complexity index is 470. The van der Waals surface area contributed by atoms with E-state index in [1.165, 1.54) is 44.1 Å². The molecule has 1 saturated carbocycles. The fraction of sp³-hybridized carbons (Fsp3) is 0.647. The molecule has 2 N–H and O–H groups in total. The number of rotatable bonds is 4. The third-order valence-electron chi connectivity index (χ3n) is 4.90. The summed E-state index contributed by atoms with van der Waals surface area (Å²) in [7, 11) is 2.22. The van der Waals surface area contributed by atoms with Gasteiger partial charge in [0.15, 0.2) is 11.5 Å². The van der Waals surface area contributed by atoms with Crippen molar-refractivity contribution in [3.8, 4) is 11.5 Å². The standard InChI is InChI=1S/C17H26N2O2/c1-19(14-6-4-2-3-5-7-14)15(11-18)13-8-9-16-17(10-13)21-12-20-16/h8-10,14-15H,2-7,11-12,18H2,1H3. The molecule has 0 radical (unpaired) electrons. The molecule has 0 aromatic heterocycles. The summed E-state index contributed by atoms with van der Waals surface area (Å²) in [6, 6.07) is 7.11. The molecular formula is C17H26N2O2. The molecule has 1 aromatic carbocycles. The predicted octanol–water partition coefficient (Wildman–Crippen LogP) is 3.07. The number of likely N-dealkylation sites (N-methyl/N-ethyl adjacent to an activating group) is 1. The summed E-state index contributed by atoms with van der Waals surface area (Å²) in [5.74, 6) is 1.69. The quantitative estimate of drug-likeness (QED) is 0.866. The van der Waals surface area contributed by atoms with Gasteiger partial charge in [-0.2, -0.15) is 0 Å². The molecule has 3 rings (SSSR count). The van der Waals surface area contributed by atoms with Gasteiger partial charge in [-0.25, -0.2) is 0 Å². The Balaban J connectivity index is 1.77. The highest BCUT2D eigenvalue weighted by Gasteiger charge is 2.25. The van der Waals surface area contributed by atoms with Crippen molar-refractivity contribution < 1.29 is 9.47 Å². The second-order valence-electron chi connectivity index (χ2n) is 6.18. The van der Waals surface area contributed by atoms with Gasteiger partial charge in [0.1, 0.15) is 0 Å². The molecule has 1 aliphatic carbocycles. The number of nitrogens with two attached hydrogens (primary N) is 1.